The minimum absolute atomic E-state index is 0.0115. The maximum Gasteiger partial charge on any atom is 0.410 e. The zero-order valence-corrected chi connectivity index (χ0v) is 11.1. The third kappa shape index (κ3) is 4.52. The van der Waals surface area contributed by atoms with Crippen LogP contribution >= 0.6 is 0 Å². The molecule has 100 valence electrons. The summed E-state index contributed by atoms with van der Waals surface area (Å²) in [5, 5.41) is 8.98. The summed E-state index contributed by atoms with van der Waals surface area (Å²) in [7, 11) is 0. The molecule has 0 aromatic heterocycles. The van der Waals surface area contributed by atoms with E-state index in [2.05, 4.69) is 0 Å². The van der Waals surface area contributed by atoms with Crippen molar-refractivity contribution < 1.29 is 19.4 Å². The molecule has 0 aromatic carbocycles. The number of rotatable bonds is 2. The van der Waals surface area contributed by atoms with Crippen LogP contribution in [0.3, 0.4) is 0 Å². The minimum Gasteiger partial charge on any atom is -0.444 e. The van der Waals surface area contributed by atoms with Gasteiger partial charge >= 0.3 is 6.09 Å². The third-order valence-corrected chi connectivity index (χ3v) is 2.56. The zero-order chi connectivity index (χ0) is 13.1. The molecule has 0 saturated carbocycles. The number of morpholine rings is 1. The van der Waals surface area contributed by atoms with Crippen LogP contribution in [0.4, 0.5) is 4.79 Å². The standard InChI is InChI=1S/C12H23NO4/c1-9-7-13(10(5-6-14)8-16-9)11(15)17-12(2,3)4/h9-10,14H,5-8H2,1-4H3. The summed E-state index contributed by atoms with van der Waals surface area (Å²) in [4.78, 5) is 13.7. The van der Waals surface area contributed by atoms with Crippen LogP contribution in [0.15, 0.2) is 0 Å². The summed E-state index contributed by atoms with van der Waals surface area (Å²) in [6, 6.07) is -0.0916. The Hall–Kier alpha value is -0.810. The van der Waals surface area contributed by atoms with Gasteiger partial charge in [-0.2, -0.15) is 0 Å². The highest BCUT2D eigenvalue weighted by molar-refractivity contribution is 5.68. The average molecular weight is 245 g/mol. The second kappa shape index (κ2) is 5.69. The zero-order valence-electron chi connectivity index (χ0n) is 11.1. The van der Waals surface area contributed by atoms with Crippen molar-refractivity contribution >= 4 is 6.09 Å². The Labute approximate surface area is 103 Å². The van der Waals surface area contributed by atoms with Crippen LogP contribution < -0.4 is 0 Å². The van der Waals surface area contributed by atoms with E-state index in [1.165, 1.54) is 0 Å². The van der Waals surface area contributed by atoms with Gasteiger partial charge in [0.25, 0.3) is 0 Å². The molecule has 1 rings (SSSR count). The van der Waals surface area contributed by atoms with Gasteiger partial charge in [-0.05, 0) is 34.1 Å². The Bertz CT molecular complexity index is 262. The molecule has 1 N–H and O–H groups in total. The first-order valence-electron chi connectivity index (χ1n) is 6.05. The van der Waals surface area contributed by atoms with Crippen LogP contribution in [0.2, 0.25) is 0 Å². The van der Waals surface area contributed by atoms with Crippen molar-refractivity contribution in [3.63, 3.8) is 0 Å². The smallest absolute Gasteiger partial charge is 0.410 e. The first kappa shape index (κ1) is 14.3. The third-order valence-electron chi connectivity index (χ3n) is 2.56. The molecule has 0 aliphatic carbocycles. The average Bonchev–Trinajstić information content (AvgIpc) is 2.18. The number of amides is 1. The number of hydrogen-bond donors (Lipinski definition) is 1. The van der Waals surface area contributed by atoms with Crippen LogP contribution in [0.1, 0.15) is 34.1 Å². The van der Waals surface area contributed by atoms with Gasteiger partial charge in [-0.3, -0.25) is 0 Å². The quantitative estimate of drug-likeness (QED) is 0.798. The SMILES string of the molecule is CC1CN(C(=O)OC(C)(C)C)C(CCO)CO1. The van der Waals surface area contributed by atoms with E-state index in [1.807, 2.05) is 27.7 Å². The second-order valence-corrected chi connectivity index (χ2v) is 5.44. The van der Waals surface area contributed by atoms with Gasteiger partial charge in [0.05, 0.1) is 25.3 Å². The lowest BCUT2D eigenvalue weighted by Gasteiger charge is -2.39. The van der Waals surface area contributed by atoms with E-state index in [0.29, 0.717) is 19.6 Å². The Morgan fingerprint density at radius 3 is 2.71 bits per heavy atom. The van der Waals surface area contributed by atoms with Crippen LogP contribution in [-0.2, 0) is 9.47 Å². The van der Waals surface area contributed by atoms with Gasteiger partial charge in [0.1, 0.15) is 5.60 Å². The van der Waals surface area contributed by atoms with E-state index in [9.17, 15) is 4.79 Å². The number of aliphatic hydroxyl groups excluding tert-OH is 1. The van der Waals surface area contributed by atoms with Gasteiger partial charge in [-0.1, -0.05) is 0 Å². The summed E-state index contributed by atoms with van der Waals surface area (Å²) in [5.74, 6) is 0. The normalized spacial score (nSPS) is 25.8. The van der Waals surface area contributed by atoms with E-state index in [-0.39, 0.29) is 24.8 Å². The van der Waals surface area contributed by atoms with E-state index < -0.39 is 5.60 Å². The van der Waals surface area contributed by atoms with Gasteiger partial charge in [0.2, 0.25) is 0 Å². The topological polar surface area (TPSA) is 59.0 Å². The Morgan fingerprint density at radius 2 is 2.18 bits per heavy atom. The molecule has 2 unspecified atom stereocenters. The number of nitrogens with zero attached hydrogens (tertiary/aromatic N) is 1. The summed E-state index contributed by atoms with van der Waals surface area (Å²) < 4.78 is 10.8. The number of aliphatic hydroxyl groups is 1. The van der Waals surface area contributed by atoms with Crippen molar-refractivity contribution in [2.75, 3.05) is 19.8 Å². The largest absolute Gasteiger partial charge is 0.444 e. The lowest BCUT2D eigenvalue weighted by Crippen LogP contribution is -2.53. The molecule has 1 saturated heterocycles. The Morgan fingerprint density at radius 1 is 1.53 bits per heavy atom. The van der Waals surface area contributed by atoms with Crippen molar-refractivity contribution in [2.24, 2.45) is 0 Å². The molecule has 5 heteroatoms. The van der Waals surface area contributed by atoms with Crippen molar-refractivity contribution in [3.05, 3.63) is 0 Å². The molecular formula is C12H23NO4. The van der Waals surface area contributed by atoms with E-state index in [4.69, 9.17) is 14.6 Å². The highest BCUT2D eigenvalue weighted by atomic mass is 16.6. The van der Waals surface area contributed by atoms with E-state index >= 15 is 0 Å². The van der Waals surface area contributed by atoms with E-state index in [0.717, 1.165) is 0 Å². The molecule has 1 fully saturated rings. The van der Waals surface area contributed by atoms with E-state index in [1.54, 1.807) is 4.90 Å². The molecule has 5 nitrogen and oxygen atoms in total. The predicted molar refractivity (Wildman–Crippen MR) is 63.8 cm³/mol. The lowest BCUT2D eigenvalue weighted by atomic mass is 10.1. The first-order valence-corrected chi connectivity index (χ1v) is 6.05. The Balaban J connectivity index is 2.65. The van der Waals surface area contributed by atoms with Gasteiger partial charge in [0.15, 0.2) is 0 Å². The fourth-order valence-electron chi connectivity index (χ4n) is 1.78. The summed E-state index contributed by atoms with van der Waals surface area (Å²) in [6.45, 7) is 8.47. The van der Waals surface area contributed by atoms with Crippen LogP contribution in [-0.4, -0.2) is 53.6 Å². The van der Waals surface area contributed by atoms with Gasteiger partial charge in [-0.15, -0.1) is 0 Å². The summed E-state index contributed by atoms with van der Waals surface area (Å²) >= 11 is 0. The van der Waals surface area contributed by atoms with Crippen molar-refractivity contribution in [3.8, 4) is 0 Å². The number of carbonyl (C=O) groups excluding carboxylic acids is 1. The highest BCUT2D eigenvalue weighted by Gasteiger charge is 2.33. The fraction of sp³-hybridized carbons (Fsp3) is 0.917. The molecule has 17 heavy (non-hydrogen) atoms. The molecule has 0 aromatic rings. The van der Waals surface area contributed by atoms with Gasteiger partial charge in [-0.25, -0.2) is 4.79 Å². The maximum atomic E-state index is 12.0. The van der Waals surface area contributed by atoms with Crippen LogP contribution in [0.5, 0.6) is 0 Å². The first-order chi connectivity index (χ1) is 7.83. The van der Waals surface area contributed by atoms with Crippen LogP contribution in [0, 0.1) is 0 Å². The molecule has 1 heterocycles. The molecule has 0 spiro atoms. The lowest BCUT2D eigenvalue weighted by molar-refractivity contribution is -0.0673. The highest BCUT2D eigenvalue weighted by Crippen LogP contribution is 2.18. The molecule has 0 bridgehead atoms. The molecule has 1 aliphatic heterocycles. The monoisotopic (exact) mass is 245 g/mol. The van der Waals surface area contributed by atoms with Crippen molar-refractivity contribution in [1.29, 1.82) is 0 Å². The van der Waals surface area contributed by atoms with Gasteiger partial charge < -0.3 is 19.5 Å². The predicted octanol–water partition coefficient (Wildman–Crippen LogP) is 1.39. The van der Waals surface area contributed by atoms with Gasteiger partial charge in [0, 0.05) is 6.61 Å². The minimum atomic E-state index is -0.498. The maximum absolute atomic E-state index is 12.0. The molecule has 1 aliphatic rings. The molecule has 0 radical (unpaired) electrons. The number of carbonyl (C=O) groups is 1. The van der Waals surface area contributed by atoms with Crippen molar-refractivity contribution in [1.82, 2.24) is 4.90 Å². The molecule has 1 amide bonds. The van der Waals surface area contributed by atoms with Crippen LogP contribution in [0.25, 0.3) is 0 Å². The van der Waals surface area contributed by atoms with Crippen molar-refractivity contribution in [2.45, 2.75) is 51.9 Å². The molecular weight excluding hydrogens is 222 g/mol. The second-order valence-electron chi connectivity index (χ2n) is 5.44. The number of ether oxygens (including phenoxy) is 2. The molecule has 2 atom stereocenters. The summed E-state index contributed by atoms with van der Waals surface area (Å²) in [6.07, 6.45) is 0.204. The Kier molecular flexibility index (Phi) is 4.77. The fourth-order valence-corrected chi connectivity index (χ4v) is 1.78. The number of hydrogen-bond acceptors (Lipinski definition) is 4. The summed E-state index contributed by atoms with van der Waals surface area (Å²) in [5.41, 5.74) is -0.498.